The van der Waals surface area contributed by atoms with Gasteiger partial charge in [0.05, 0.1) is 0 Å². The molecule has 0 atom stereocenters. The predicted molar refractivity (Wildman–Crippen MR) is 76.9 cm³/mol. The summed E-state index contributed by atoms with van der Waals surface area (Å²) in [5.74, 6) is 0.319. The highest BCUT2D eigenvalue weighted by Crippen LogP contribution is 2.23. The van der Waals surface area contributed by atoms with Crippen LogP contribution in [0.4, 0.5) is 5.82 Å². The third-order valence-corrected chi connectivity index (χ3v) is 5.43. The number of nitrogens with one attached hydrogen (secondary N) is 1. The number of rotatable bonds is 5. The average Bonchev–Trinajstić information content (AvgIpc) is 2.82. The summed E-state index contributed by atoms with van der Waals surface area (Å²) in [7, 11) is -3.56. The molecule has 0 aliphatic rings. The fourth-order valence-electron chi connectivity index (χ4n) is 1.50. The minimum absolute atomic E-state index is 0.276. The Labute approximate surface area is 116 Å². The Hall–Kier alpha value is -1.44. The molecule has 0 aromatic carbocycles. The lowest BCUT2D eigenvalue weighted by molar-refractivity contribution is 0.603. The fraction of sp³-hybridized carbons (Fsp3) is 0.250. The Balaban J connectivity index is 2.19. The molecule has 3 N–H and O–H groups in total. The van der Waals surface area contributed by atoms with Gasteiger partial charge in [-0.15, -0.1) is 11.3 Å². The largest absolute Gasteiger partial charge is 0.330 e. The Bertz CT molecular complexity index is 648. The fourth-order valence-corrected chi connectivity index (χ4v) is 3.87. The lowest BCUT2D eigenvalue weighted by Gasteiger charge is -2.05. The zero-order valence-electron chi connectivity index (χ0n) is 10.5. The number of anilines is 1. The van der Waals surface area contributed by atoms with Crippen molar-refractivity contribution in [3.8, 4) is 0 Å². The zero-order valence-corrected chi connectivity index (χ0v) is 12.1. The van der Waals surface area contributed by atoms with Crippen molar-refractivity contribution in [2.24, 2.45) is 5.73 Å². The summed E-state index contributed by atoms with van der Waals surface area (Å²) >= 11 is 1.23. The van der Waals surface area contributed by atoms with Crippen molar-refractivity contribution in [1.82, 2.24) is 4.98 Å². The van der Waals surface area contributed by atoms with E-state index in [1.165, 1.54) is 11.3 Å². The van der Waals surface area contributed by atoms with Crippen LogP contribution in [0.25, 0.3) is 0 Å². The van der Waals surface area contributed by atoms with E-state index >= 15 is 0 Å². The van der Waals surface area contributed by atoms with Gasteiger partial charge in [-0.25, -0.2) is 13.4 Å². The van der Waals surface area contributed by atoms with Gasteiger partial charge in [-0.3, -0.25) is 4.72 Å². The van der Waals surface area contributed by atoms with Crippen LogP contribution < -0.4 is 10.5 Å². The van der Waals surface area contributed by atoms with Crippen molar-refractivity contribution in [3.05, 3.63) is 40.9 Å². The highest BCUT2D eigenvalue weighted by Gasteiger charge is 2.17. The number of thiophene rings is 1. The van der Waals surface area contributed by atoms with E-state index in [1.54, 1.807) is 30.5 Å². The molecule has 2 heterocycles. The number of pyridine rings is 1. The Morgan fingerprint density at radius 3 is 2.74 bits per heavy atom. The van der Waals surface area contributed by atoms with Crippen molar-refractivity contribution in [1.29, 1.82) is 0 Å². The molecule has 7 heteroatoms. The summed E-state index contributed by atoms with van der Waals surface area (Å²) in [6, 6.07) is 6.82. The highest BCUT2D eigenvalue weighted by atomic mass is 32.2. The van der Waals surface area contributed by atoms with Crippen LogP contribution in [0.2, 0.25) is 0 Å². The first-order chi connectivity index (χ1) is 9.01. The molecule has 2 rings (SSSR count). The first kappa shape index (κ1) is 14.0. The number of nitrogens with zero attached hydrogens (tertiary/aromatic N) is 1. The molecule has 0 aliphatic heterocycles. The van der Waals surface area contributed by atoms with Crippen molar-refractivity contribution in [2.45, 2.75) is 17.6 Å². The van der Waals surface area contributed by atoms with E-state index in [4.69, 9.17) is 5.73 Å². The smallest absolute Gasteiger partial charge is 0.272 e. The molecule has 0 fully saturated rings. The monoisotopic (exact) mass is 297 g/mol. The van der Waals surface area contributed by atoms with Gasteiger partial charge in [-0.2, -0.15) is 0 Å². The molecule has 102 valence electrons. The van der Waals surface area contributed by atoms with Gasteiger partial charge in [0.15, 0.2) is 0 Å². The summed E-state index contributed by atoms with van der Waals surface area (Å²) in [4.78, 5) is 4.98. The maximum atomic E-state index is 12.1. The number of aryl methyl sites for hydroxylation is 1. The van der Waals surface area contributed by atoms with E-state index in [0.29, 0.717) is 18.8 Å². The third kappa shape index (κ3) is 3.52. The minimum atomic E-state index is -3.56. The van der Waals surface area contributed by atoms with Crippen molar-refractivity contribution >= 4 is 27.2 Å². The molecule has 0 spiro atoms. The molecule has 0 radical (unpaired) electrons. The Morgan fingerprint density at radius 2 is 2.11 bits per heavy atom. The number of hydrogen-bond donors (Lipinski definition) is 2. The molecule has 0 saturated carbocycles. The Morgan fingerprint density at radius 1 is 1.32 bits per heavy atom. The second-order valence-corrected chi connectivity index (χ2v) is 7.16. The first-order valence-corrected chi connectivity index (χ1v) is 8.05. The van der Waals surface area contributed by atoms with E-state index in [0.717, 1.165) is 10.4 Å². The van der Waals surface area contributed by atoms with Crippen LogP contribution in [-0.2, 0) is 16.4 Å². The summed E-state index contributed by atoms with van der Waals surface area (Å²) in [5, 5.41) is 0. The first-order valence-electron chi connectivity index (χ1n) is 5.75. The van der Waals surface area contributed by atoms with Gasteiger partial charge in [0.25, 0.3) is 10.0 Å². The molecule has 19 heavy (non-hydrogen) atoms. The molecule has 0 bridgehead atoms. The third-order valence-electron chi connectivity index (χ3n) is 2.44. The topological polar surface area (TPSA) is 85.1 Å². The van der Waals surface area contributed by atoms with Crippen LogP contribution in [0.3, 0.4) is 0 Å². The van der Waals surface area contributed by atoms with Crippen LogP contribution in [0.15, 0.2) is 34.7 Å². The van der Waals surface area contributed by atoms with Crippen LogP contribution in [0.1, 0.15) is 10.4 Å². The Kier molecular flexibility index (Phi) is 4.18. The van der Waals surface area contributed by atoms with Crippen molar-refractivity contribution in [2.75, 3.05) is 11.3 Å². The lowest BCUT2D eigenvalue weighted by atomic mass is 10.3. The van der Waals surface area contributed by atoms with Gasteiger partial charge in [0, 0.05) is 11.1 Å². The van der Waals surface area contributed by atoms with E-state index in [2.05, 4.69) is 9.71 Å². The SMILES string of the molecule is Cc1ccc(NS(=O)(=O)c2ccc(CCN)s2)nc1. The molecule has 0 aliphatic carbocycles. The van der Waals surface area contributed by atoms with Gasteiger partial charge < -0.3 is 5.73 Å². The number of nitrogens with two attached hydrogens (primary N) is 1. The van der Waals surface area contributed by atoms with E-state index in [9.17, 15) is 8.42 Å². The van der Waals surface area contributed by atoms with Gasteiger partial charge in [0.1, 0.15) is 10.0 Å². The average molecular weight is 297 g/mol. The second kappa shape index (κ2) is 5.68. The molecular weight excluding hydrogens is 282 g/mol. The van der Waals surface area contributed by atoms with Crippen LogP contribution in [0, 0.1) is 6.92 Å². The van der Waals surface area contributed by atoms with E-state index in [1.807, 2.05) is 6.92 Å². The number of aromatic nitrogens is 1. The summed E-state index contributed by atoms with van der Waals surface area (Å²) in [6.07, 6.45) is 2.30. The van der Waals surface area contributed by atoms with Gasteiger partial charge in [-0.05, 0) is 43.7 Å². The summed E-state index contributed by atoms with van der Waals surface area (Å²) < 4.78 is 27.0. The molecule has 0 unspecified atom stereocenters. The standard InChI is InChI=1S/C12H15N3O2S2/c1-9-2-4-11(14-8-9)15-19(16,17)12-5-3-10(18-12)6-7-13/h2-5,8H,6-7,13H2,1H3,(H,14,15). The van der Waals surface area contributed by atoms with Crippen LogP contribution in [0.5, 0.6) is 0 Å². The summed E-state index contributed by atoms with van der Waals surface area (Å²) in [5.41, 5.74) is 6.42. The summed E-state index contributed by atoms with van der Waals surface area (Å²) in [6.45, 7) is 2.40. The highest BCUT2D eigenvalue weighted by molar-refractivity contribution is 7.94. The van der Waals surface area contributed by atoms with Gasteiger partial charge in [-0.1, -0.05) is 6.07 Å². The van der Waals surface area contributed by atoms with Crippen molar-refractivity contribution in [3.63, 3.8) is 0 Å². The van der Waals surface area contributed by atoms with E-state index in [-0.39, 0.29) is 4.21 Å². The second-order valence-electron chi connectivity index (χ2n) is 4.09. The molecule has 2 aromatic heterocycles. The quantitative estimate of drug-likeness (QED) is 0.880. The number of hydrogen-bond acceptors (Lipinski definition) is 5. The van der Waals surface area contributed by atoms with Crippen molar-refractivity contribution < 1.29 is 8.42 Å². The normalized spacial score (nSPS) is 11.5. The molecular formula is C12H15N3O2S2. The van der Waals surface area contributed by atoms with Crippen LogP contribution in [-0.4, -0.2) is 19.9 Å². The molecule has 0 amide bonds. The predicted octanol–water partition coefficient (Wildman–Crippen LogP) is 1.75. The lowest BCUT2D eigenvalue weighted by Crippen LogP contribution is -2.12. The molecule has 0 saturated heterocycles. The van der Waals surface area contributed by atoms with Gasteiger partial charge >= 0.3 is 0 Å². The number of sulfonamides is 1. The van der Waals surface area contributed by atoms with Gasteiger partial charge in [0.2, 0.25) is 0 Å². The zero-order chi connectivity index (χ0) is 13.9. The minimum Gasteiger partial charge on any atom is -0.330 e. The molecule has 2 aromatic rings. The maximum absolute atomic E-state index is 12.1. The van der Waals surface area contributed by atoms with Crippen LogP contribution >= 0.6 is 11.3 Å². The molecule has 5 nitrogen and oxygen atoms in total. The van der Waals surface area contributed by atoms with E-state index < -0.39 is 10.0 Å². The maximum Gasteiger partial charge on any atom is 0.272 e.